The highest BCUT2D eigenvalue weighted by molar-refractivity contribution is 5.64. The normalized spacial score (nSPS) is 9.88. The third-order valence-corrected chi connectivity index (χ3v) is 4.55. The molecule has 0 saturated heterocycles. The molecule has 0 bridgehead atoms. The van der Waals surface area contributed by atoms with Crippen LogP contribution < -0.4 is 4.74 Å². The number of nitrogens with zero attached hydrogens (tertiary/aromatic N) is 6. The lowest BCUT2D eigenvalue weighted by Gasteiger charge is -2.09. The molecule has 0 aliphatic rings. The molecule has 0 spiro atoms. The van der Waals surface area contributed by atoms with Crippen LogP contribution in [0.25, 0.3) is 28.5 Å². The van der Waals surface area contributed by atoms with E-state index < -0.39 is 0 Å². The molecular formula is C25H32N6O. The van der Waals surface area contributed by atoms with Gasteiger partial charge >= 0.3 is 0 Å². The Bertz CT molecular complexity index is 1120. The van der Waals surface area contributed by atoms with Crippen LogP contribution in [-0.4, -0.2) is 36.8 Å². The van der Waals surface area contributed by atoms with Crippen molar-refractivity contribution < 1.29 is 4.74 Å². The van der Waals surface area contributed by atoms with E-state index >= 15 is 0 Å². The number of aromatic nitrogens is 6. The van der Waals surface area contributed by atoms with Gasteiger partial charge in [-0.15, -0.1) is 10.2 Å². The molecule has 168 valence electrons. The number of methoxy groups -OCH3 is 1. The molecule has 4 rings (SSSR count). The zero-order chi connectivity index (χ0) is 23.7. The minimum absolute atomic E-state index is 0.550. The third-order valence-electron chi connectivity index (χ3n) is 4.55. The van der Waals surface area contributed by atoms with E-state index in [0.717, 1.165) is 22.8 Å². The van der Waals surface area contributed by atoms with Crippen LogP contribution in [-0.2, 0) is 0 Å². The molecule has 0 amide bonds. The maximum absolute atomic E-state index is 5.13. The zero-order valence-electron chi connectivity index (χ0n) is 20.2. The Labute approximate surface area is 190 Å². The molecule has 32 heavy (non-hydrogen) atoms. The predicted octanol–water partition coefficient (Wildman–Crippen LogP) is 5.77. The Morgan fingerprint density at radius 1 is 0.750 bits per heavy atom. The van der Waals surface area contributed by atoms with Crippen molar-refractivity contribution in [2.24, 2.45) is 0 Å². The molecule has 0 fully saturated rings. The van der Waals surface area contributed by atoms with Crippen molar-refractivity contribution in [3.05, 3.63) is 65.9 Å². The summed E-state index contributed by atoms with van der Waals surface area (Å²) in [5, 5.41) is 8.49. The quantitative estimate of drug-likeness (QED) is 0.407. The number of aryl methyl sites for hydroxylation is 3. The van der Waals surface area contributed by atoms with Crippen LogP contribution in [0.15, 0.2) is 48.9 Å². The molecule has 0 N–H and O–H groups in total. The fourth-order valence-electron chi connectivity index (χ4n) is 3.15. The molecule has 3 aromatic heterocycles. The molecule has 7 nitrogen and oxygen atoms in total. The fourth-order valence-corrected chi connectivity index (χ4v) is 3.15. The molecule has 0 unspecified atom stereocenters. The first-order chi connectivity index (χ1) is 15.6. The van der Waals surface area contributed by atoms with Gasteiger partial charge in [-0.3, -0.25) is 9.55 Å². The van der Waals surface area contributed by atoms with E-state index in [0.29, 0.717) is 17.4 Å². The molecule has 0 atom stereocenters. The fraction of sp³-hybridized carbons (Fsp3) is 0.320. The van der Waals surface area contributed by atoms with Crippen molar-refractivity contribution in [2.45, 2.75) is 48.5 Å². The van der Waals surface area contributed by atoms with Crippen LogP contribution in [0.4, 0.5) is 0 Å². The number of ether oxygens (including phenoxy) is 1. The summed E-state index contributed by atoms with van der Waals surface area (Å²) in [7, 11) is 1.59. The lowest BCUT2D eigenvalue weighted by Crippen LogP contribution is -2.02. The van der Waals surface area contributed by atoms with E-state index in [9.17, 15) is 0 Å². The number of hydrogen-bond acceptors (Lipinski definition) is 6. The summed E-state index contributed by atoms with van der Waals surface area (Å²) in [6, 6.07) is 10.00. The molecule has 7 heteroatoms. The largest absolute Gasteiger partial charge is 0.481 e. The second kappa shape index (κ2) is 11.7. The van der Waals surface area contributed by atoms with E-state index in [1.54, 1.807) is 31.8 Å². The second-order valence-electron chi connectivity index (χ2n) is 6.57. The van der Waals surface area contributed by atoms with E-state index in [2.05, 4.69) is 57.2 Å². The maximum Gasteiger partial charge on any atom is 0.213 e. The lowest BCUT2D eigenvalue weighted by atomic mass is 10.0. The van der Waals surface area contributed by atoms with Gasteiger partial charge in [0.05, 0.1) is 37.1 Å². The van der Waals surface area contributed by atoms with Gasteiger partial charge in [0.2, 0.25) is 5.88 Å². The summed E-state index contributed by atoms with van der Waals surface area (Å²) in [6.07, 6.45) is 5.22. The van der Waals surface area contributed by atoms with Gasteiger partial charge in [0.15, 0.2) is 5.82 Å². The minimum atomic E-state index is 0.550. The molecule has 0 saturated carbocycles. The molecule has 4 aromatic rings. The Balaban J connectivity index is 0.000000860. The van der Waals surface area contributed by atoms with Crippen LogP contribution in [0.3, 0.4) is 0 Å². The monoisotopic (exact) mass is 432 g/mol. The Kier molecular flexibility index (Phi) is 9.01. The molecule has 0 radical (unpaired) electrons. The predicted molar refractivity (Wildman–Crippen MR) is 129 cm³/mol. The van der Waals surface area contributed by atoms with Crippen molar-refractivity contribution in [3.8, 4) is 34.3 Å². The third kappa shape index (κ3) is 5.35. The zero-order valence-corrected chi connectivity index (χ0v) is 20.2. The van der Waals surface area contributed by atoms with E-state index in [4.69, 9.17) is 4.74 Å². The number of rotatable bonds is 4. The van der Waals surface area contributed by atoms with Gasteiger partial charge in [-0.1, -0.05) is 51.5 Å². The first kappa shape index (κ1) is 24.7. The van der Waals surface area contributed by atoms with Gasteiger partial charge in [0.25, 0.3) is 0 Å². The summed E-state index contributed by atoms with van der Waals surface area (Å²) in [5.74, 6) is 1.90. The van der Waals surface area contributed by atoms with Crippen LogP contribution in [0.5, 0.6) is 5.88 Å². The maximum atomic E-state index is 5.13. The molecule has 0 aliphatic heterocycles. The highest BCUT2D eigenvalue weighted by Gasteiger charge is 2.15. The number of benzene rings is 1. The van der Waals surface area contributed by atoms with E-state index in [1.165, 1.54) is 11.1 Å². The van der Waals surface area contributed by atoms with Crippen LogP contribution in [0.1, 0.15) is 44.6 Å². The molecular weight excluding hydrogens is 400 g/mol. The minimum Gasteiger partial charge on any atom is -0.481 e. The van der Waals surface area contributed by atoms with Crippen LogP contribution in [0, 0.1) is 20.8 Å². The van der Waals surface area contributed by atoms with Crippen molar-refractivity contribution in [1.29, 1.82) is 0 Å². The van der Waals surface area contributed by atoms with Gasteiger partial charge < -0.3 is 4.74 Å². The van der Waals surface area contributed by atoms with Gasteiger partial charge in [0, 0.05) is 11.6 Å². The van der Waals surface area contributed by atoms with E-state index in [-0.39, 0.29) is 0 Å². The lowest BCUT2D eigenvalue weighted by molar-refractivity contribution is 0.398. The van der Waals surface area contributed by atoms with Gasteiger partial charge in [-0.2, -0.15) is 0 Å². The van der Waals surface area contributed by atoms with Gasteiger partial charge in [-0.05, 0) is 32.4 Å². The molecule has 3 heterocycles. The average Bonchev–Trinajstić information content (AvgIpc) is 3.23. The van der Waals surface area contributed by atoms with E-state index in [1.807, 2.05) is 45.3 Å². The Hall–Kier alpha value is -3.61. The smallest absolute Gasteiger partial charge is 0.213 e. The Morgan fingerprint density at radius 2 is 1.44 bits per heavy atom. The summed E-state index contributed by atoms with van der Waals surface area (Å²) >= 11 is 0. The second-order valence-corrected chi connectivity index (χ2v) is 6.57. The average molecular weight is 433 g/mol. The SMILES string of the molecule is CC.CC.COc1ccc(-n2c(C)nnc2-c2cnc(-c3ccc(C)cc3C)cn2)cn1. The number of pyridine rings is 1. The summed E-state index contributed by atoms with van der Waals surface area (Å²) in [6.45, 7) is 14.0. The Morgan fingerprint density at radius 3 is 2.00 bits per heavy atom. The van der Waals surface area contributed by atoms with Crippen molar-refractivity contribution >= 4 is 0 Å². The van der Waals surface area contributed by atoms with Gasteiger partial charge in [-0.25, -0.2) is 9.97 Å². The summed E-state index contributed by atoms with van der Waals surface area (Å²) < 4.78 is 7.03. The number of hydrogen-bond donors (Lipinski definition) is 0. The van der Waals surface area contributed by atoms with Crippen molar-refractivity contribution in [3.63, 3.8) is 0 Å². The highest BCUT2D eigenvalue weighted by Crippen LogP contribution is 2.25. The van der Waals surface area contributed by atoms with Crippen molar-refractivity contribution in [2.75, 3.05) is 7.11 Å². The summed E-state index contributed by atoms with van der Waals surface area (Å²) in [5.41, 5.74) is 5.77. The van der Waals surface area contributed by atoms with Gasteiger partial charge in [0.1, 0.15) is 11.5 Å². The topological polar surface area (TPSA) is 78.6 Å². The first-order valence-electron chi connectivity index (χ1n) is 10.9. The van der Waals surface area contributed by atoms with Crippen molar-refractivity contribution in [1.82, 2.24) is 29.7 Å². The highest BCUT2D eigenvalue weighted by atomic mass is 16.5. The van der Waals surface area contributed by atoms with Crippen LogP contribution >= 0.6 is 0 Å². The summed E-state index contributed by atoms with van der Waals surface area (Å²) in [4.78, 5) is 13.5. The molecule has 1 aromatic carbocycles. The first-order valence-corrected chi connectivity index (χ1v) is 10.9. The van der Waals surface area contributed by atoms with Crippen LogP contribution in [0.2, 0.25) is 0 Å². The standard InChI is InChI=1S/C21H20N6O.2C2H6/c1-13-5-7-17(14(2)9-13)18-11-23-19(12-22-18)21-26-25-15(3)27(21)16-6-8-20(28-4)24-10-16;2*1-2/h5-12H,1-4H3;2*1-2H3. The molecule has 0 aliphatic carbocycles.